The summed E-state index contributed by atoms with van der Waals surface area (Å²) < 4.78 is 0. The van der Waals surface area contributed by atoms with Crippen molar-refractivity contribution >= 4 is 23.8 Å². The number of aliphatic carboxylic acids is 1. The van der Waals surface area contributed by atoms with E-state index in [1.807, 2.05) is 11.2 Å². The molecular formula is C15H26N2O3S. The van der Waals surface area contributed by atoms with E-state index >= 15 is 0 Å². The first-order chi connectivity index (χ1) is 10.1. The highest BCUT2D eigenvalue weighted by atomic mass is 32.2. The molecule has 2 fully saturated rings. The molecule has 0 aromatic rings. The van der Waals surface area contributed by atoms with Gasteiger partial charge in [-0.3, -0.25) is 0 Å². The number of carbonyl (C=O) groups is 2. The highest BCUT2D eigenvalue weighted by Gasteiger charge is 2.36. The summed E-state index contributed by atoms with van der Waals surface area (Å²) >= 11 is 1.60. The number of carbonyl (C=O) groups excluding carboxylic acids is 1. The maximum absolute atomic E-state index is 12.5. The lowest BCUT2D eigenvalue weighted by molar-refractivity contribution is -0.139. The van der Waals surface area contributed by atoms with Crippen LogP contribution in [-0.2, 0) is 4.79 Å². The third kappa shape index (κ3) is 4.28. The van der Waals surface area contributed by atoms with Crippen molar-refractivity contribution in [1.29, 1.82) is 0 Å². The normalized spacial score (nSPS) is 26.8. The lowest BCUT2D eigenvalue weighted by atomic mass is 9.78. The average molecular weight is 314 g/mol. The number of piperidine rings is 1. The molecule has 2 N–H and O–H groups in total. The fourth-order valence-electron chi connectivity index (χ4n) is 3.60. The van der Waals surface area contributed by atoms with Crippen molar-refractivity contribution < 1.29 is 14.7 Å². The summed E-state index contributed by atoms with van der Waals surface area (Å²) in [6.45, 7) is 0.766. The Morgan fingerprint density at radius 1 is 1.29 bits per heavy atom. The standard InChI is InChI=1S/C15H26N2O3S/c1-21-10-8-12(14(18)19)16-15(20)17-9-4-6-11-5-2-3-7-13(11)17/h11-13H,2-10H2,1H3,(H,16,20)(H,18,19)/t11-,12+,13-/m1/s1. The molecule has 0 aromatic heterocycles. The van der Waals surface area contributed by atoms with E-state index in [0.717, 1.165) is 25.1 Å². The molecule has 0 aromatic carbocycles. The molecule has 5 nitrogen and oxygen atoms in total. The minimum atomic E-state index is -0.936. The number of nitrogens with one attached hydrogen (secondary N) is 1. The number of hydrogen-bond donors (Lipinski definition) is 2. The number of carboxylic acid groups (broad SMARTS) is 1. The molecule has 1 saturated heterocycles. The van der Waals surface area contributed by atoms with Crippen LogP contribution in [0.3, 0.4) is 0 Å². The topological polar surface area (TPSA) is 69.6 Å². The molecule has 0 bridgehead atoms. The van der Waals surface area contributed by atoms with Gasteiger partial charge in [-0.15, -0.1) is 0 Å². The largest absolute Gasteiger partial charge is 0.480 e. The van der Waals surface area contributed by atoms with Crippen molar-refractivity contribution in [2.45, 2.75) is 57.0 Å². The maximum Gasteiger partial charge on any atom is 0.326 e. The zero-order chi connectivity index (χ0) is 15.2. The minimum absolute atomic E-state index is 0.180. The third-order valence-electron chi connectivity index (χ3n) is 4.71. The van der Waals surface area contributed by atoms with E-state index in [2.05, 4.69) is 5.32 Å². The van der Waals surface area contributed by atoms with Crippen molar-refractivity contribution in [3.63, 3.8) is 0 Å². The van der Waals surface area contributed by atoms with E-state index in [1.54, 1.807) is 11.8 Å². The van der Waals surface area contributed by atoms with Gasteiger partial charge in [0.15, 0.2) is 0 Å². The predicted octanol–water partition coefficient (Wildman–Crippen LogP) is 2.56. The van der Waals surface area contributed by atoms with Crippen LogP contribution in [0.15, 0.2) is 0 Å². The third-order valence-corrected chi connectivity index (χ3v) is 5.35. The predicted molar refractivity (Wildman–Crippen MR) is 84.6 cm³/mol. The van der Waals surface area contributed by atoms with Gasteiger partial charge in [0.05, 0.1) is 0 Å². The Balaban J connectivity index is 1.95. The number of hydrogen-bond acceptors (Lipinski definition) is 3. The molecule has 0 radical (unpaired) electrons. The summed E-state index contributed by atoms with van der Waals surface area (Å²) in [6.07, 6.45) is 9.40. The van der Waals surface area contributed by atoms with Gasteiger partial charge in [-0.1, -0.05) is 12.8 Å². The van der Waals surface area contributed by atoms with Gasteiger partial charge < -0.3 is 15.3 Å². The van der Waals surface area contributed by atoms with E-state index < -0.39 is 12.0 Å². The number of amides is 2. The zero-order valence-corrected chi connectivity index (χ0v) is 13.5. The van der Waals surface area contributed by atoms with Crippen LogP contribution < -0.4 is 5.32 Å². The lowest BCUT2D eigenvalue weighted by Gasteiger charge is -2.44. The number of thioether (sulfide) groups is 1. The van der Waals surface area contributed by atoms with Crippen molar-refractivity contribution in [1.82, 2.24) is 10.2 Å². The van der Waals surface area contributed by atoms with E-state index in [-0.39, 0.29) is 6.03 Å². The monoisotopic (exact) mass is 314 g/mol. The van der Waals surface area contributed by atoms with Crippen LogP contribution >= 0.6 is 11.8 Å². The minimum Gasteiger partial charge on any atom is -0.480 e. The van der Waals surface area contributed by atoms with E-state index in [9.17, 15) is 14.7 Å². The molecule has 1 saturated carbocycles. The molecule has 0 spiro atoms. The smallest absolute Gasteiger partial charge is 0.326 e. The Bertz CT molecular complexity index is 376. The number of likely N-dealkylation sites (tertiary alicyclic amines) is 1. The van der Waals surface area contributed by atoms with Crippen LogP contribution in [0, 0.1) is 5.92 Å². The Kier molecular flexibility index (Phi) is 6.21. The Labute approximate surface area is 130 Å². The summed E-state index contributed by atoms with van der Waals surface area (Å²) in [4.78, 5) is 25.6. The molecule has 1 heterocycles. The van der Waals surface area contributed by atoms with Gasteiger partial charge in [-0.2, -0.15) is 11.8 Å². The SMILES string of the molecule is CSCC[C@H](NC(=O)N1CCC[C@H]2CCCC[C@H]21)C(=O)O. The van der Waals surface area contributed by atoms with Gasteiger partial charge in [-0.25, -0.2) is 9.59 Å². The first-order valence-electron chi connectivity index (χ1n) is 7.92. The first-order valence-corrected chi connectivity index (χ1v) is 9.31. The second-order valence-corrected chi connectivity index (χ2v) is 7.05. The van der Waals surface area contributed by atoms with Crippen molar-refractivity contribution in [3.8, 4) is 0 Å². The molecule has 2 aliphatic rings. The summed E-state index contributed by atoms with van der Waals surface area (Å²) in [5.74, 6) is 0.422. The molecule has 120 valence electrons. The van der Waals surface area contributed by atoms with Crippen LogP contribution in [0.2, 0.25) is 0 Å². The van der Waals surface area contributed by atoms with Crippen LogP contribution in [0.5, 0.6) is 0 Å². The zero-order valence-electron chi connectivity index (χ0n) is 12.7. The molecule has 3 atom stereocenters. The Morgan fingerprint density at radius 3 is 2.71 bits per heavy atom. The van der Waals surface area contributed by atoms with Gasteiger partial charge in [-0.05, 0) is 50.0 Å². The molecule has 21 heavy (non-hydrogen) atoms. The van der Waals surface area contributed by atoms with Crippen LogP contribution in [0.4, 0.5) is 4.79 Å². The van der Waals surface area contributed by atoms with Gasteiger partial charge in [0.1, 0.15) is 6.04 Å². The number of urea groups is 1. The molecule has 1 aliphatic carbocycles. The van der Waals surface area contributed by atoms with Crippen LogP contribution in [0.25, 0.3) is 0 Å². The Hall–Kier alpha value is -0.910. The summed E-state index contributed by atoms with van der Waals surface area (Å²) in [5, 5.41) is 12.0. The second-order valence-electron chi connectivity index (χ2n) is 6.07. The number of nitrogens with zero attached hydrogens (tertiary/aromatic N) is 1. The van der Waals surface area contributed by atoms with Gasteiger partial charge >= 0.3 is 12.0 Å². The van der Waals surface area contributed by atoms with Gasteiger partial charge in [0.2, 0.25) is 0 Å². The van der Waals surface area contributed by atoms with Crippen molar-refractivity contribution in [2.75, 3.05) is 18.6 Å². The molecule has 2 rings (SSSR count). The molecular weight excluding hydrogens is 288 g/mol. The first kappa shape index (κ1) is 16.5. The summed E-state index contributed by atoms with van der Waals surface area (Å²) in [5.41, 5.74) is 0. The highest BCUT2D eigenvalue weighted by molar-refractivity contribution is 7.98. The fraction of sp³-hybridized carbons (Fsp3) is 0.867. The van der Waals surface area contributed by atoms with Crippen molar-refractivity contribution in [2.24, 2.45) is 5.92 Å². The second kappa shape index (κ2) is 7.92. The Morgan fingerprint density at radius 2 is 2.00 bits per heavy atom. The average Bonchev–Trinajstić information content (AvgIpc) is 2.50. The molecule has 6 heteroatoms. The van der Waals surface area contributed by atoms with E-state index in [0.29, 0.717) is 18.4 Å². The summed E-state index contributed by atoms with van der Waals surface area (Å²) in [6, 6.07) is -0.628. The lowest BCUT2D eigenvalue weighted by Crippen LogP contribution is -2.56. The van der Waals surface area contributed by atoms with Crippen LogP contribution in [-0.4, -0.2) is 52.6 Å². The van der Waals surface area contributed by atoms with Gasteiger partial charge in [0, 0.05) is 12.6 Å². The van der Waals surface area contributed by atoms with Crippen molar-refractivity contribution in [3.05, 3.63) is 0 Å². The molecule has 0 unspecified atom stereocenters. The van der Waals surface area contributed by atoms with Gasteiger partial charge in [0.25, 0.3) is 0 Å². The number of fused-ring (bicyclic) bond motifs is 1. The summed E-state index contributed by atoms with van der Waals surface area (Å²) in [7, 11) is 0. The highest BCUT2D eigenvalue weighted by Crippen LogP contribution is 2.35. The maximum atomic E-state index is 12.5. The number of rotatable bonds is 5. The molecule has 2 amide bonds. The number of carboxylic acids is 1. The molecule has 1 aliphatic heterocycles. The van der Waals surface area contributed by atoms with Crippen LogP contribution in [0.1, 0.15) is 44.9 Å². The van der Waals surface area contributed by atoms with E-state index in [1.165, 1.54) is 25.7 Å². The quantitative estimate of drug-likeness (QED) is 0.818. The fourth-order valence-corrected chi connectivity index (χ4v) is 4.07. The van der Waals surface area contributed by atoms with E-state index in [4.69, 9.17) is 0 Å².